The topological polar surface area (TPSA) is 112 Å². The summed E-state index contributed by atoms with van der Waals surface area (Å²) in [6.07, 6.45) is 1.92. The molecule has 0 aliphatic carbocycles. The molecule has 0 radical (unpaired) electrons. The summed E-state index contributed by atoms with van der Waals surface area (Å²) in [5.74, 6) is -2.11. The van der Waals surface area contributed by atoms with E-state index in [1.807, 2.05) is 11.0 Å². The maximum absolute atomic E-state index is 13.7. The number of anilines is 2. The highest BCUT2D eigenvalue weighted by atomic mass is 32.2. The normalized spacial score (nSPS) is 14.3. The Kier molecular flexibility index (Phi) is 4.79. The number of nitrogens with one attached hydrogen (secondary N) is 1. The fourth-order valence-electron chi connectivity index (χ4n) is 3.23. The minimum atomic E-state index is -4.22. The second kappa shape index (κ2) is 7.28. The molecular formula is C19H17FN4O4S. The van der Waals surface area contributed by atoms with Crippen LogP contribution in [0.5, 0.6) is 0 Å². The third-order valence-electron chi connectivity index (χ3n) is 4.67. The van der Waals surface area contributed by atoms with E-state index in [9.17, 15) is 17.6 Å². The number of hydrogen-bond acceptors (Lipinski definition) is 6. The van der Waals surface area contributed by atoms with Gasteiger partial charge in [-0.15, -0.1) is 0 Å². The van der Waals surface area contributed by atoms with Gasteiger partial charge in [-0.25, -0.2) is 27.6 Å². The number of sulfonamides is 1. The average molecular weight is 416 g/mol. The smallest absolute Gasteiger partial charge is 0.338 e. The summed E-state index contributed by atoms with van der Waals surface area (Å²) >= 11 is 0. The molecule has 2 N–H and O–H groups in total. The molecule has 0 saturated carbocycles. The molecule has 2 heterocycles. The second-order valence-corrected chi connectivity index (χ2v) is 8.31. The second-order valence-electron chi connectivity index (χ2n) is 6.63. The van der Waals surface area contributed by atoms with E-state index in [0.29, 0.717) is 16.9 Å². The first kappa shape index (κ1) is 19.1. The van der Waals surface area contributed by atoms with Gasteiger partial charge in [-0.05, 0) is 43.2 Å². The molecule has 0 amide bonds. The monoisotopic (exact) mass is 416 g/mol. The maximum atomic E-state index is 13.7. The standard InChI is InChI=1S/C19H17FN4O4S/c20-14-8-7-12(11-13(14)19(25)26)29(27,28)23-17-18(24-9-3-4-10-24)22-16-6-2-1-5-15(16)21-17/h1-2,5-8,11H,3-4,9-10H2,(H,21,23)(H,25,26). The summed E-state index contributed by atoms with van der Waals surface area (Å²) < 4.78 is 41.8. The molecule has 0 unspecified atom stereocenters. The number of nitrogens with zero attached hydrogens (tertiary/aromatic N) is 3. The van der Waals surface area contributed by atoms with Crippen molar-refractivity contribution in [1.82, 2.24) is 9.97 Å². The lowest BCUT2D eigenvalue weighted by Crippen LogP contribution is -2.23. The summed E-state index contributed by atoms with van der Waals surface area (Å²) in [5, 5.41) is 9.07. The van der Waals surface area contributed by atoms with Gasteiger partial charge in [0, 0.05) is 13.1 Å². The van der Waals surface area contributed by atoms with Crippen LogP contribution in [0.1, 0.15) is 23.2 Å². The van der Waals surface area contributed by atoms with Gasteiger partial charge in [-0.2, -0.15) is 0 Å². The number of hydrogen-bond donors (Lipinski definition) is 2. The lowest BCUT2D eigenvalue weighted by molar-refractivity contribution is 0.0691. The molecule has 1 aromatic heterocycles. The summed E-state index contributed by atoms with van der Waals surface area (Å²) in [6, 6.07) is 9.70. The molecule has 0 spiro atoms. The highest BCUT2D eigenvalue weighted by Crippen LogP contribution is 2.29. The number of carbonyl (C=O) groups is 1. The van der Waals surface area contributed by atoms with Crippen molar-refractivity contribution < 1.29 is 22.7 Å². The van der Waals surface area contributed by atoms with Gasteiger partial charge in [-0.3, -0.25) is 4.72 Å². The van der Waals surface area contributed by atoms with Gasteiger partial charge < -0.3 is 10.0 Å². The predicted octanol–water partition coefficient (Wildman–Crippen LogP) is 2.87. The fraction of sp³-hybridized carbons (Fsp3) is 0.211. The first-order valence-corrected chi connectivity index (χ1v) is 10.4. The predicted molar refractivity (Wildman–Crippen MR) is 105 cm³/mol. The Morgan fingerprint density at radius 3 is 2.38 bits per heavy atom. The highest BCUT2D eigenvalue weighted by Gasteiger charge is 2.25. The Labute approximate surface area is 166 Å². The van der Waals surface area contributed by atoms with E-state index in [4.69, 9.17) is 5.11 Å². The van der Waals surface area contributed by atoms with Gasteiger partial charge in [0.15, 0.2) is 11.6 Å². The summed E-state index contributed by atoms with van der Waals surface area (Å²) in [7, 11) is -4.22. The van der Waals surface area contributed by atoms with Crippen LogP contribution in [-0.2, 0) is 10.0 Å². The van der Waals surface area contributed by atoms with E-state index in [1.165, 1.54) is 0 Å². The number of carboxylic acid groups (broad SMARTS) is 1. The van der Waals surface area contributed by atoms with Crippen molar-refractivity contribution in [3.05, 3.63) is 53.8 Å². The molecule has 2 aromatic carbocycles. The summed E-state index contributed by atoms with van der Waals surface area (Å²) in [4.78, 5) is 21.7. The van der Waals surface area contributed by atoms with E-state index in [1.54, 1.807) is 18.2 Å². The third kappa shape index (κ3) is 3.70. The zero-order valence-corrected chi connectivity index (χ0v) is 16.0. The maximum Gasteiger partial charge on any atom is 0.338 e. The van der Waals surface area contributed by atoms with E-state index >= 15 is 0 Å². The molecule has 0 bridgehead atoms. The first-order chi connectivity index (χ1) is 13.8. The molecular weight excluding hydrogens is 399 g/mol. The summed E-state index contributed by atoms with van der Waals surface area (Å²) in [5.41, 5.74) is 0.419. The number of para-hydroxylation sites is 2. The van der Waals surface area contributed by atoms with Crippen LogP contribution in [0.15, 0.2) is 47.4 Å². The number of rotatable bonds is 5. The molecule has 10 heteroatoms. The van der Waals surface area contributed by atoms with Crippen molar-refractivity contribution in [2.45, 2.75) is 17.7 Å². The highest BCUT2D eigenvalue weighted by molar-refractivity contribution is 7.92. The number of halogens is 1. The van der Waals surface area contributed by atoms with Gasteiger partial charge in [0.25, 0.3) is 10.0 Å². The Hall–Kier alpha value is -3.27. The van der Waals surface area contributed by atoms with Gasteiger partial charge in [0.1, 0.15) is 5.82 Å². The number of aromatic carboxylic acids is 1. The molecule has 1 aliphatic rings. The van der Waals surface area contributed by atoms with Crippen molar-refractivity contribution in [3.8, 4) is 0 Å². The fourth-order valence-corrected chi connectivity index (χ4v) is 4.26. The first-order valence-electron chi connectivity index (χ1n) is 8.92. The van der Waals surface area contributed by atoms with Gasteiger partial charge in [0.05, 0.1) is 21.5 Å². The molecule has 4 rings (SSSR count). The molecule has 1 saturated heterocycles. The van der Waals surface area contributed by atoms with E-state index in [0.717, 1.165) is 44.1 Å². The molecule has 29 heavy (non-hydrogen) atoms. The van der Waals surface area contributed by atoms with Crippen LogP contribution in [0.4, 0.5) is 16.0 Å². The third-order valence-corrected chi connectivity index (χ3v) is 6.00. The minimum Gasteiger partial charge on any atom is -0.478 e. The van der Waals surface area contributed by atoms with Crippen LogP contribution >= 0.6 is 0 Å². The van der Waals surface area contributed by atoms with Gasteiger partial charge >= 0.3 is 5.97 Å². The van der Waals surface area contributed by atoms with Crippen LogP contribution in [0.2, 0.25) is 0 Å². The number of benzene rings is 2. The SMILES string of the molecule is O=C(O)c1cc(S(=O)(=O)Nc2nc3ccccc3nc2N2CCCC2)ccc1F. The van der Waals surface area contributed by atoms with E-state index < -0.39 is 27.4 Å². The Bertz CT molecular complexity index is 1210. The van der Waals surface area contributed by atoms with Gasteiger partial charge in [0.2, 0.25) is 0 Å². The van der Waals surface area contributed by atoms with Crippen LogP contribution in [0.25, 0.3) is 11.0 Å². The lowest BCUT2D eigenvalue weighted by Gasteiger charge is -2.20. The average Bonchev–Trinajstić information content (AvgIpc) is 3.21. The van der Waals surface area contributed by atoms with Crippen LogP contribution in [-0.4, -0.2) is 42.6 Å². The minimum absolute atomic E-state index is 0.0480. The molecule has 8 nitrogen and oxygen atoms in total. The van der Waals surface area contributed by atoms with Crippen LogP contribution in [0, 0.1) is 5.82 Å². The Morgan fingerprint density at radius 1 is 1.07 bits per heavy atom. The van der Waals surface area contributed by atoms with Crippen molar-refractivity contribution in [3.63, 3.8) is 0 Å². The largest absolute Gasteiger partial charge is 0.478 e. The van der Waals surface area contributed by atoms with Crippen molar-refractivity contribution in [2.24, 2.45) is 0 Å². The van der Waals surface area contributed by atoms with Crippen molar-refractivity contribution in [1.29, 1.82) is 0 Å². The lowest BCUT2D eigenvalue weighted by atomic mass is 10.2. The molecule has 1 fully saturated rings. The molecule has 150 valence electrons. The Morgan fingerprint density at radius 2 is 1.72 bits per heavy atom. The number of fused-ring (bicyclic) bond motifs is 1. The quantitative estimate of drug-likeness (QED) is 0.658. The van der Waals surface area contributed by atoms with E-state index in [-0.39, 0.29) is 10.7 Å². The summed E-state index contributed by atoms with van der Waals surface area (Å²) in [6.45, 7) is 1.45. The van der Waals surface area contributed by atoms with Crippen molar-refractivity contribution >= 4 is 38.7 Å². The van der Waals surface area contributed by atoms with Gasteiger partial charge in [-0.1, -0.05) is 12.1 Å². The zero-order valence-electron chi connectivity index (χ0n) is 15.2. The zero-order chi connectivity index (χ0) is 20.6. The van der Waals surface area contributed by atoms with Crippen LogP contribution in [0.3, 0.4) is 0 Å². The number of carboxylic acids is 1. The van der Waals surface area contributed by atoms with Crippen LogP contribution < -0.4 is 9.62 Å². The van der Waals surface area contributed by atoms with E-state index in [2.05, 4.69) is 14.7 Å². The van der Waals surface area contributed by atoms with Crippen molar-refractivity contribution in [2.75, 3.05) is 22.7 Å². The number of aromatic nitrogens is 2. The molecule has 3 aromatic rings. The molecule has 1 aliphatic heterocycles. The molecule has 0 atom stereocenters. The Balaban J connectivity index is 1.79.